The fraction of sp³-hybridized carbons (Fsp3) is 0.429. The molecule has 0 aromatic carbocycles. The summed E-state index contributed by atoms with van der Waals surface area (Å²) < 4.78 is 1.95. The van der Waals surface area contributed by atoms with Crippen LogP contribution in [0.3, 0.4) is 0 Å². The minimum absolute atomic E-state index is 0.237. The monoisotopic (exact) mass is 244 g/mol. The molecule has 2 rings (SSSR count). The minimum Gasteiger partial charge on any atom is -0.311 e. The SMILES string of the molecule is CCn1cc(CC(NC)c2ncccc2C)cn1. The van der Waals surface area contributed by atoms with Crippen LogP contribution in [0.15, 0.2) is 30.7 Å². The van der Waals surface area contributed by atoms with E-state index in [1.807, 2.05) is 30.2 Å². The van der Waals surface area contributed by atoms with Crippen molar-refractivity contribution in [3.63, 3.8) is 0 Å². The van der Waals surface area contributed by atoms with Crippen LogP contribution in [0, 0.1) is 6.92 Å². The average Bonchev–Trinajstić information content (AvgIpc) is 2.85. The highest BCUT2D eigenvalue weighted by Gasteiger charge is 2.14. The summed E-state index contributed by atoms with van der Waals surface area (Å²) in [7, 11) is 1.98. The van der Waals surface area contributed by atoms with Gasteiger partial charge in [0.2, 0.25) is 0 Å². The third-order valence-electron chi connectivity index (χ3n) is 3.18. The van der Waals surface area contributed by atoms with Crippen LogP contribution in [-0.2, 0) is 13.0 Å². The van der Waals surface area contributed by atoms with E-state index in [0.29, 0.717) is 0 Å². The Hall–Kier alpha value is -1.68. The number of pyridine rings is 1. The maximum Gasteiger partial charge on any atom is 0.0605 e. The highest BCUT2D eigenvalue weighted by atomic mass is 15.3. The molecule has 2 aromatic rings. The number of nitrogens with zero attached hydrogens (tertiary/aromatic N) is 3. The fourth-order valence-corrected chi connectivity index (χ4v) is 2.12. The van der Waals surface area contributed by atoms with Crippen LogP contribution in [0.5, 0.6) is 0 Å². The van der Waals surface area contributed by atoms with Gasteiger partial charge in [0, 0.05) is 18.9 Å². The highest BCUT2D eigenvalue weighted by molar-refractivity contribution is 5.23. The van der Waals surface area contributed by atoms with E-state index in [9.17, 15) is 0 Å². The first-order valence-electron chi connectivity index (χ1n) is 6.34. The van der Waals surface area contributed by atoms with E-state index in [4.69, 9.17) is 0 Å². The molecule has 1 N–H and O–H groups in total. The zero-order valence-corrected chi connectivity index (χ0v) is 11.2. The van der Waals surface area contributed by atoms with Crippen LogP contribution in [-0.4, -0.2) is 21.8 Å². The lowest BCUT2D eigenvalue weighted by Crippen LogP contribution is -2.20. The lowest BCUT2D eigenvalue weighted by molar-refractivity contribution is 0.571. The van der Waals surface area contributed by atoms with Gasteiger partial charge >= 0.3 is 0 Å². The van der Waals surface area contributed by atoms with Gasteiger partial charge in [0.15, 0.2) is 0 Å². The van der Waals surface area contributed by atoms with Crippen LogP contribution in [0.25, 0.3) is 0 Å². The Labute approximate surface area is 108 Å². The van der Waals surface area contributed by atoms with Crippen LogP contribution in [0.4, 0.5) is 0 Å². The van der Waals surface area contributed by atoms with E-state index in [0.717, 1.165) is 18.7 Å². The molecule has 18 heavy (non-hydrogen) atoms. The summed E-state index contributed by atoms with van der Waals surface area (Å²) in [5, 5.41) is 7.64. The maximum absolute atomic E-state index is 4.48. The zero-order chi connectivity index (χ0) is 13.0. The van der Waals surface area contributed by atoms with Crippen molar-refractivity contribution in [3.8, 4) is 0 Å². The molecule has 0 fully saturated rings. The first-order valence-corrected chi connectivity index (χ1v) is 6.34. The molecule has 0 spiro atoms. The van der Waals surface area contributed by atoms with Crippen LogP contribution < -0.4 is 5.32 Å². The Morgan fingerprint density at radius 2 is 2.28 bits per heavy atom. The molecule has 0 bridgehead atoms. The first-order chi connectivity index (χ1) is 8.74. The number of nitrogens with one attached hydrogen (secondary N) is 1. The lowest BCUT2D eigenvalue weighted by atomic mass is 10.0. The van der Waals surface area contributed by atoms with E-state index < -0.39 is 0 Å². The number of aromatic nitrogens is 3. The standard InChI is InChI=1S/C14H20N4/c1-4-18-10-12(9-17-18)8-13(15-3)14-11(2)6-5-7-16-14/h5-7,9-10,13,15H,4,8H2,1-3H3. The molecule has 0 saturated carbocycles. The van der Waals surface area contributed by atoms with E-state index in [-0.39, 0.29) is 6.04 Å². The van der Waals surface area contributed by atoms with Gasteiger partial charge in [-0.3, -0.25) is 9.67 Å². The molecule has 4 heteroatoms. The van der Waals surface area contributed by atoms with Gasteiger partial charge in [-0.05, 0) is 44.5 Å². The zero-order valence-electron chi connectivity index (χ0n) is 11.2. The predicted molar refractivity (Wildman–Crippen MR) is 72.4 cm³/mol. The van der Waals surface area contributed by atoms with E-state index >= 15 is 0 Å². The molecule has 0 saturated heterocycles. The van der Waals surface area contributed by atoms with E-state index in [1.165, 1.54) is 11.1 Å². The molecule has 2 heterocycles. The molecule has 0 aliphatic carbocycles. The number of likely N-dealkylation sites (N-methyl/N-ethyl adjacent to an activating group) is 1. The lowest BCUT2D eigenvalue weighted by Gasteiger charge is -2.16. The van der Waals surface area contributed by atoms with Gasteiger partial charge in [0.25, 0.3) is 0 Å². The number of rotatable bonds is 5. The second-order valence-electron chi connectivity index (χ2n) is 4.46. The van der Waals surface area contributed by atoms with Crippen molar-refractivity contribution >= 4 is 0 Å². The number of aryl methyl sites for hydroxylation is 2. The molecule has 1 atom stereocenters. The molecule has 0 aliphatic rings. The summed E-state index contributed by atoms with van der Waals surface area (Å²) in [4.78, 5) is 4.48. The first kappa shape index (κ1) is 12.8. The van der Waals surface area contributed by atoms with Gasteiger partial charge < -0.3 is 5.32 Å². The van der Waals surface area contributed by atoms with Crippen molar-refractivity contribution in [1.29, 1.82) is 0 Å². The minimum atomic E-state index is 0.237. The third kappa shape index (κ3) is 2.76. The number of hydrogen-bond acceptors (Lipinski definition) is 3. The molecule has 2 aromatic heterocycles. The van der Waals surface area contributed by atoms with E-state index in [2.05, 4.69) is 41.5 Å². The van der Waals surface area contributed by atoms with Crippen molar-refractivity contribution in [1.82, 2.24) is 20.1 Å². The molecule has 0 aliphatic heterocycles. The highest BCUT2D eigenvalue weighted by Crippen LogP contribution is 2.18. The Kier molecular flexibility index (Phi) is 4.10. The largest absolute Gasteiger partial charge is 0.311 e. The van der Waals surface area contributed by atoms with Crippen LogP contribution in [0.1, 0.15) is 29.8 Å². The summed E-state index contributed by atoms with van der Waals surface area (Å²) in [5.74, 6) is 0. The second-order valence-corrected chi connectivity index (χ2v) is 4.46. The summed E-state index contributed by atoms with van der Waals surface area (Å²) in [6.07, 6.45) is 6.80. The Morgan fingerprint density at radius 3 is 2.89 bits per heavy atom. The molecular weight excluding hydrogens is 224 g/mol. The second kappa shape index (κ2) is 5.78. The third-order valence-corrected chi connectivity index (χ3v) is 3.18. The maximum atomic E-state index is 4.48. The predicted octanol–water partition coefficient (Wildman–Crippen LogP) is 2.11. The van der Waals surface area contributed by atoms with Gasteiger partial charge in [-0.15, -0.1) is 0 Å². The van der Waals surface area contributed by atoms with Gasteiger partial charge in [-0.25, -0.2) is 0 Å². The Morgan fingerprint density at radius 1 is 1.44 bits per heavy atom. The Bertz CT molecular complexity index is 504. The normalized spacial score (nSPS) is 12.6. The van der Waals surface area contributed by atoms with E-state index in [1.54, 1.807) is 0 Å². The van der Waals surface area contributed by atoms with Gasteiger partial charge in [-0.2, -0.15) is 5.10 Å². The van der Waals surface area contributed by atoms with Crippen molar-refractivity contribution < 1.29 is 0 Å². The van der Waals surface area contributed by atoms with Gasteiger partial charge in [0.05, 0.1) is 17.9 Å². The quantitative estimate of drug-likeness (QED) is 0.876. The molecule has 4 nitrogen and oxygen atoms in total. The molecule has 96 valence electrons. The average molecular weight is 244 g/mol. The Balaban J connectivity index is 2.17. The summed E-state index contributed by atoms with van der Waals surface area (Å²) in [6.45, 7) is 5.10. The molecule has 0 radical (unpaired) electrons. The van der Waals surface area contributed by atoms with Crippen molar-refractivity contribution in [2.24, 2.45) is 0 Å². The molecule has 1 unspecified atom stereocenters. The van der Waals surface area contributed by atoms with Gasteiger partial charge in [0.1, 0.15) is 0 Å². The van der Waals surface area contributed by atoms with Crippen molar-refractivity contribution in [3.05, 3.63) is 47.5 Å². The topological polar surface area (TPSA) is 42.7 Å². The smallest absolute Gasteiger partial charge is 0.0605 e. The molecule has 0 amide bonds. The molecular formula is C14H20N4. The summed E-state index contributed by atoms with van der Waals surface area (Å²) in [5.41, 5.74) is 3.57. The van der Waals surface area contributed by atoms with Crippen molar-refractivity contribution in [2.45, 2.75) is 32.9 Å². The van der Waals surface area contributed by atoms with Gasteiger partial charge in [-0.1, -0.05) is 6.07 Å². The van der Waals surface area contributed by atoms with Crippen LogP contribution >= 0.6 is 0 Å². The van der Waals surface area contributed by atoms with Crippen LogP contribution in [0.2, 0.25) is 0 Å². The summed E-state index contributed by atoms with van der Waals surface area (Å²) >= 11 is 0. The van der Waals surface area contributed by atoms with Crippen molar-refractivity contribution in [2.75, 3.05) is 7.05 Å². The number of hydrogen-bond donors (Lipinski definition) is 1. The fourth-order valence-electron chi connectivity index (χ4n) is 2.12. The summed E-state index contributed by atoms with van der Waals surface area (Å²) in [6, 6.07) is 4.31.